The summed E-state index contributed by atoms with van der Waals surface area (Å²) < 4.78 is 7.39. The number of para-hydroxylation sites is 2. The molecule has 1 atom stereocenters. The van der Waals surface area contributed by atoms with Crippen molar-refractivity contribution in [2.45, 2.75) is 25.8 Å². The number of amides is 1. The second-order valence-corrected chi connectivity index (χ2v) is 6.69. The molecule has 0 aliphatic carbocycles. The lowest BCUT2D eigenvalue weighted by atomic mass is 10.1. The normalized spacial score (nSPS) is 12.2. The Kier molecular flexibility index (Phi) is 4.89. The molecule has 0 bridgehead atoms. The highest BCUT2D eigenvalue weighted by molar-refractivity contribution is 5.77. The molecule has 4 aromatic rings. The fraction of sp³-hybridized carbons (Fsp3) is 0.238. The Morgan fingerprint density at radius 3 is 2.68 bits per heavy atom. The van der Waals surface area contributed by atoms with Crippen LogP contribution in [0.5, 0.6) is 0 Å². The number of fused-ring (bicyclic) bond motifs is 1. The molecule has 0 saturated carbocycles. The van der Waals surface area contributed by atoms with Crippen molar-refractivity contribution in [3.05, 3.63) is 72.6 Å². The second-order valence-electron chi connectivity index (χ2n) is 6.69. The van der Waals surface area contributed by atoms with Crippen molar-refractivity contribution >= 4 is 17.0 Å². The summed E-state index contributed by atoms with van der Waals surface area (Å²) in [7, 11) is 1.82. The third kappa shape index (κ3) is 3.64. The molecule has 7 heteroatoms. The van der Waals surface area contributed by atoms with Crippen LogP contribution in [0, 0.1) is 0 Å². The number of aromatic nitrogens is 4. The zero-order chi connectivity index (χ0) is 19.5. The van der Waals surface area contributed by atoms with Crippen LogP contribution in [-0.4, -0.2) is 37.6 Å². The number of oxazole rings is 1. The van der Waals surface area contributed by atoms with Crippen LogP contribution in [0.1, 0.15) is 30.8 Å². The van der Waals surface area contributed by atoms with E-state index in [1.165, 1.54) is 6.33 Å². The van der Waals surface area contributed by atoms with E-state index in [0.717, 1.165) is 22.4 Å². The molecule has 142 valence electrons. The molecule has 0 fully saturated rings. The average molecular weight is 375 g/mol. The van der Waals surface area contributed by atoms with Gasteiger partial charge in [0, 0.05) is 19.9 Å². The first-order valence-electron chi connectivity index (χ1n) is 9.17. The number of hydrogen-bond acceptors (Lipinski definition) is 5. The molecule has 0 spiro atoms. The Bertz CT molecular complexity index is 1040. The van der Waals surface area contributed by atoms with E-state index in [-0.39, 0.29) is 11.9 Å². The van der Waals surface area contributed by atoms with E-state index in [1.807, 2.05) is 62.5 Å². The standard InChI is InChI=1S/C21H21N5O2/c1-15(16-7-9-17(10-8-16)26-14-22-13-23-26)25(2)21(27)12-11-20-24-18-5-3-4-6-19(18)28-20/h3-10,13-15H,11-12H2,1-2H3/t15-/m1/s1. The van der Waals surface area contributed by atoms with Gasteiger partial charge < -0.3 is 9.32 Å². The van der Waals surface area contributed by atoms with Gasteiger partial charge in [0.25, 0.3) is 0 Å². The number of carbonyl (C=O) groups is 1. The third-order valence-electron chi connectivity index (χ3n) is 4.92. The van der Waals surface area contributed by atoms with Gasteiger partial charge in [-0.3, -0.25) is 4.79 Å². The van der Waals surface area contributed by atoms with Gasteiger partial charge in [0.15, 0.2) is 11.5 Å². The summed E-state index contributed by atoms with van der Waals surface area (Å²) in [6, 6.07) is 15.5. The van der Waals surface area contributed by atoms with Gasteiger partial charge in [0.2, 0.25) is 5.91 Å². The third-order valence-corrected chi connectivity index (χ3v) is 4.92. The molecule has 7 nitrogen and oxygen atoms in total. The number of nitrogens with zero attached hydrogens (tertiary/aromatic N) is 5. The highest BCUT2D eigenvalue weighted by Crippen LogP contribution is 2.22. The highest BCUT2D eigenvalue weighted by atomic mass is 16.3. The van der Waals surface area contributed by atoms with Crippen molar-refractivity contribution in [3.8, 4) is 5.69 Å². The van der Waals surface area contributed by atoms with Gasteiger partial charge >= 0.3 is 0 Å². The first kappa shape index (κ1) is 17.9. The van der Waals surface area contributed by atoms with Crippen LogP contribution in [-0.2, 0) is 11.2 Å². The van der Waals surface area contributed by atoms with Gasteiger partial charge in [0.05, 0.1) is 11.7 Å². The fourth-order valence-electron chi connectivity index (χ4n) is 3.10. The minimum Gasteiger partial charge on any atom is -0.441 e. The smallest absolute Gasteiger partial charge is 0.223 e. The lowest BCUT2D eigenvalue weighted by Gasteiger charge is -2.25. The summed E-state index contributed by atoms with van der Waals surface area (Å²) in [6.45, 7) is 2.02. The predicted molar refractivity (Wildman–Crippen MR) is 105 cm³/mol. The molecule has 2 aromatic carbocycles. The monoisotopic (exact) mass is 375 g/mol. The van der Waals surface area contributed by atoms with Crippen molar-refractivity contribution in [2.24, 2.45) is 0 Å². The first-order valence-corrected chi connectivity index (χ1v) is 9.17. The second kappa shape index (κ2) is 7.64. The SMILES string of the molecule is C[C@H](c1ccc(-n2cncn2)cc1)N(C)C(=O)CCc1nc2ccccc2o1. The van der Waals surface area contributed by atoms with E-state index < -0.39 is 0 Å². The Morgan fingerprint density at radius 2 is 1.96 bits per heavy atom. The fourth-order valence-corrected chi connectivity index (χ4v) is 3.10. The lowest BCUT2D eigenvalue weighted by Crippen LogP contribution is -2.29. The number of rotatable bonds is 6. The van der Waals surface area contributed by atoms with Crippen LogP contribution in [0.4, 0.5) is 0 Å². The van der Waals surface area contributed by atoms with Gasteiger partial charge in [-0.25, -0.2) is 14.6 Å². The minimum absolute atomic E-state index is 0.0408. The van der Waals surface area contributed by atoms with Crippen molar-refractivity contribution in [3.63, 3.8) is 0 Å². The van der Waals surface area contributed by atoms with E-state index in [4.69, 9.17) is 4.42 Å². The quantitative estimate of drug-likeness (QED) is 0.515. The number of aryl methyl sites for hydroxylation is 1. The maximum absolute atomic E-state index is 12.6. The van der Waals surface area contributed by atoms with E-state index in [0.29, 0.717) is 18.7 Å². The van der Waals surface area contributed by atoms with Gasteiger partial charge in [-0.1, -0.05) is 24.3 Å². The molecule has 0 radical (unpaired) electrons. The number of hydrogen-bond donors (Lipinski definition) is 0. The molecular formula is C21H21N5O2. The molecule has 1 amide bonds. The molecule has 2 heterocycles. The molecule has 4 rings (SSSR count). The van der Waals surface area contributed by atoms with E-state index >= 15 is 0 Å². The number of benzene rings is 2. The van der Waals surface area contributed by atoms with E-state index in [1.54, 1.807) is 15.9 Å². The summed E-state index contributed by atoms with van der Waals surface area (Å²) in [5, 5.41) is 4.12. The predicted octanol–water partition coefficient (Wildman–Crippen LogP) is 3.56. The summed E-state index contributed by atoms with van der Waals surface area (Å²) in [5.41, 5.74) is 3.55. The molecule has 0 aliphatic heterocycles. The van der Waals surface area contributed by atoms with Crippen molar-refractivity contribution in [1.82, 2.24) is 24.6 Å². The van der Waals surface area contributed by atoms with Crippen LogP contribution < -0.4 is 0 Å². The minimum atomic E-state index is -0.0408. The Labute approximate surface area is 162 Å². The molecule has 0 unspecified atom stereocenters. The largest absolute Gasteiger partial charge is 0.441 e. The van der Waals surface area contributed by atoms with Gasteiger partial charge in [-0.2, -0.15) is 5.10 Å². The van der Waals surface area contributed by atoms with Crippen LogP contribution >= 0.6 is 0 Å². The zero-order valence-electron chi connectivity index (χ0n) is 15.8. The average Bonchev–Trinajstić information content (AvgIpc) is 3.40. The topological polar surface area (TPSA) is 77.1 Å². The Balaban J connectivity index is 1.38. The van der Waals surface area contributed by atoms with E-state index in [9.17, 15) is 4.79 Å². The summed E-state index contributed by atoms with van der Waals surface area (Å²) in [4.78, 5) is 22.8. The highest BCUT2D eigenvalue weighted by Gasteiger charge is 2.18. The van der Waals surface area contributed by atoms with E-state index in [2.05, 4.69) is 15.1 Å². The van der Waals surface area contributed by atoms with Gasteiger partial charge in [-0.15, -0.1) is 0 Å². The van der Waals surface area contributed by atoms with Crippen LogP contribution in [0.3, 0.4) is 0 Å². The van der Waals surface area contributed by atoms with Crippen molar-refractivity contribution in [2.75, 3.05) is 7.05 Å². The van der Waals surface area contributed by atoms with Gasteiger partial charge in [-0.05, 0) is 36.8 Å². The Morgan fingerprint density at radius 1 is 1.18 bits per heavy atom. The Hall–Kier alpha value is -3.48. The molecular weight excluding hydrogens is 354 g/mol. The summed E-state index contributed by atoms with van der Waals surface area (Å²) in [5.74, 6) is 0.642. The first-order chi connectivity index (χ1) is 13.6. The lowest BCUT2D eigenvalue weighted by molar-refractivity contribution is -0.131. The molecule has 28 heavy (non-hydrogen) atoms. The van der Waals surface area contributed by atoms with Crippen molar-refractivity contribution in [1.29, 1.82) is 0 Å². The maximum Gasteiger partial charge on any atom is 0.223 e. The van der Waals surface area contributed by atoms with Crippen molar-refractivity contribution < 1.29 is 9.21 Å². The zero-order valence-corrected chi connectivity index (χ0v) is 15.8. The van der Waals surface area contributed by atoms with Crippen LogP contribution in [0.2, 0.25) is 0 Å². The molecule has 2 aromatic heterocycles. The summed E-state index contributed by atoms with van der Waals surface area (Å²) in [6.07, 6.45) is 3.99. The summed E-state index contributed by atoms with van der Waals surface area (Å²) >= 11 is 0. The molecule has 0 aliphatic rings. The molecule has 0 N–H and O–H groups in total. The van der Waals surface area contributed by atoms with Gasteiger partial charge in [0.1, 0.15) is 18.2 Å². The van der Waals surface area contributed by atoms with Crippen LogP contribution in [0.15, 0.2) is 65.6 Å². The number of carbonyl (C=O) groups excluding carboxylic acids is 1. The maximum atomic E-state index is 12.6. The van der Waals surface area contributed by atoms with Crippen LogP contribution in [0.25, 0.3) is 16.8 Å². The molecule has 0 saturated heterocycles.